The standard InChI is InChI=1S/C44H70N4O11/c1-6-7-8-9-16-44(4,55)35-13-10-29-28-24-33(49)31-23-27(14-17-42(31,2)30(28)15-18-43(29,35)3)59-41(54)47-25-36(50)46-19-20-57-21-22-58-26-37(51)48-32-11-12-34(56-5)38(39(32)52)40(45)53/h11-12,27-31,33,35,49,52,55H,6-10,13-26H2,1-5H3,(H2,45,53)(H,46,50)(H,47,54)(H,48,51)/t27-,28-,29-,30-,31+,33-,35-,42+,43-,44-/m0/s1. The maximum Gasteiger partial charge on any atom is 0.407 e. The topological polar surface area (TPSA) is 228 Å². The van der Waals surface area contributed by atoms with E-state index in [1.165, 1.54) is 38.5 Å². The molecule has 15 nitrogen and oxygen atoms in total. The Kier molecular flexibility index (Phi) is 15.9. The summed E-state index contributed by atoms with van der Waals surface area (Å²) < 4.78 is 21.5. The van der Waals surface area contributed by atoms with E-state index in [2.05, 4.69) is 43.6 Å². The molecule has 1 aromatic rings. The summed E-state index contributed by atoms with van der Waals surface area (Å²) in [5.74, 6) is -0.553. The molecule has 0 bridgehead atoms. The lowest BCUT2D eigenvalue weighted by Gasteiger charge is -2.62. The van der Waals surface area contributed by atoms with Crippen LogP contribution in [-0.2, 0) is 23.8 Å². The monoisotopic (exact) mass is 831 g/mol. The van der Waals surface area contributed by atoms with E-state index >= 15 is 0 Å². The van der Waals surface area contributed by atoms with E-state index in [1.807, 2.05) is 0 Å². The molecule has 0 saturated heterocycles. The number of hydrogen-bond acceptors (Lipinski definition) is 11. The van der Waals surface area contributed by atoms with Crippen LogP contribution in [0.4, 0.5) is 10.5 Å². The molecule has 1 aromatic carbocycles. The van der Waals surface area contributed by atoms with Gasteiger partial charge in [0, 0.05) is 6.54 Å². The van der Waals surface area contributed by atoms with Crippen LogP contribution in [0.15, 0.2) is 12.1 Å². The summed E-state index contributed by atoms with van der Waals surface area (Å²) in [6, 6.07) is 2.76. The van der Waals surface area contributed by atoms with E-state index < -0.39 is 41.3 Å². The summed E-state index contributed by atoms with van der Waals surface area (Å²) in [6.45, 7) is 9.08. The zero-order valence-corrected chi connectivity index (χ0v) is 35.8. The van der Waals surface area contributed by atoms with Crippen molar-refractivity contribution >= 4 is 29.5 Å². The van der Waals surface area contributed by atoms with Crippen molar-refractivity contribution in [3.63, 3.8) is 0 Å². The van der Waals surface area contributed by atoms with Crippen molar-refractivity contribution < 1.29 is 53.4 Å². The smallest absolute Gasteiger partial charge is 0.407 e. The highest BCUT2D eigenvalue weighted by Gasteiger charge is 2.64. The van der Waals surface area contributed by atoms with E-state index in [9.17, 15) is 34.5 Å². The van der Waals surface area contributed by atoms with E-state index in [0.29, 0.717) is 24.2 Å². The highest BCUT2D eigenvalue weighted by molar-refractivity contribution is 6.02. The van der Waals surface area contributed by atoms with Crippen LogP contribution in [0.2, 0.25) is 0 Å². The lowest BCUT2D eigenvalue weighted by molar-refractivity contribution is -0.179. The Hall–Kier alpha value is -3.66. The number of amides is 4. The Morgan fingerprint density at radius 2 is 1.63 bits per heavy atom. The first-order valence-corrected chi connectivity index (χ1v) is 21.8. The molecule has 5 rings (SSSR count). The minimum absolute atomic E-state index is 0.0215. The molecule has 0 radical (unpaired) electrons. The van der Waals surface area contributed by atoms with E-state index in [1.54, 1.807) is 0 Å². The molecule has 15 heteroatoms. The Labute approximate surface area is 349 Å². The number of aromatic hydroxyl groups is 1. The number of aliphatic hydroxyl groups is 2. The fourth-order valence-corrected chi connectivity index (χ4v) is 11.8. The Balaban J connectivity index is 0.961. The number of nitrogens with one attached hydrogen (secondary N) is 3. The zero-order valence-electron chi connectivity index (χ0n) is 35.8. The number of methoxy groups -OCH3 is 1. The van der Waals surface area contributed by atoms with Gasteiger partial charge in [0.15, 0.2) is 5.75 Å². The fraction of sp³-hybridized carbons (Fsp3) is 0.773. The number of aliphatic hydroxyl groups excluding tert-OH is 1. The molecule has 0 spiro atoms. The van der Waals surface area contributed by atoms with E-state index in [-0.39, 0.29) is 85.3 Å². The van der Waals surface area contributed by atoms with Gasteiger partial charge in [-0.05, 0) is 117 Å². The van der Waals surface area contributed by atoms with Gasteiger partial charge in [0.2, 0.25) is 11.8 Å². The van der Waals surface area contributed by atoms with Crippen LogP contribution in [0.3, 0.4) is 0 Å². The molecule has 0 aliphatic heterocycles. The first-order chi connectivity index (χ1) is 28.0. The lowest BCUT2D eigenvalue weighted by atomic mass is 9.43. The average molecular weight is 831 g/mol. The third kappa shape index (κ3) is 10.8. The van der Waals surface area contributed by atoms with Crippen LogP contribution in [-0.4, -0.2) is 104 Å². The molecule has 4 fully saturated rings. The number of carbonyl (C=O) groups excluding carboxylic acids is 4. The molecule has 4 aliphatic carbocycles. The van der Waals surface area contributed by atoms with Crippen molar-refractivity contribution in [2.24, 2.45) is 46.2 Å². The zero-order chi connectivity index (χ0) is 43.0. The minimum Gasteiger partial charge on any atom is -0.505 e. The first kappa shape index (κ1) is 46.4. The van der Waals surface area contributed by atoms with Crippen molar-refractivity contribution in [1.82, 2.24) is 10.6 Å². The second kappa shape index (κ2) is 20.3. The largest absolute Gasteiger partial charge is 0.505 e. The summed E-state index contributed by atoms with van der Waals surface area (Å²) in [5.41, 5.74) is 4.41. The highest BCUT2D eigenvalue weighted by atomic mass is 16.6. The summed E-state index contributed by atoms with van der Waals surface area (Å²) in [5, 5.41) is 41.4. The van der Waals surface area contributed by atoms with E-state index in [4.69, 9.17) is 24.7 Å². The average Bonchev–Trinajstić information content (AvgIpc) is 3.56. The molecule has 10 atom stereocenters. The molecule has 4 aliphatic rings. The van der Waals surface area contributed by atoms with Crippen LogP contribution in [0.5, 0.6) is 11.5 Å². The third-order valence-electron chi connectivity index (χ3n) is 14.6. The van der Waals surface area contributed by atoms with Gasteiger partial charge in [-0.25, -0.2) is 4.79 Å². The number of nitrogens with two attached hydrogens (primary N) is 1. The normalized spacial score (nSPS) is 30.8. The van der Waals surface area contributed by atoms with Crippen LogP contribution >= 0.6 is 0 Å². The second-order valence-corrected chi connectivity index (χ2v) is 18.3. The molecular formula is C44H70N4O11. The fourth-order valence-electron chi connectivity index (χ4n) is 11.8. The van der Waals surface area contributed by atoms with Crippen LogP contribution in [0.25, 0.3) is 0 Å². The molecule has 0 unspecified atom stereocenters. The molecular weight excluding hydrogens is 761 g/mol. The van der Waals surface area contributed by atoms with Gasteiger partial charge in [0.25, 0.3) is 5.91 Å². The number of ether oxygens (including phenoxy) is 4. The number of rotatable bonds is 20. The van der Waals surface area contributed by atoms with Gasteiger partial charge in [-0.3, -0.25) is 14.4 Å². The third-order valence-corrected chi connectivity index (χ3v) is 14.6. The summed E-state index contributed by atoms with van der Waals surface area (Å²) >= 11 is 0. The van der Waals surface area contributed by atoms with Crippen molar-refractivity contribution in [2.75, 3.05) is 51.9 Å². The molecule has 4 saturated carbocycles. The SMILES string of the molecule is CCCCCC[C@](C)(O)[C@H]1CC[C@H]2[C@@H]3C[C@H](O)[C@H]4C[C@@H](OC(=O)NCC(=O)NCCOCCOCC(=O)Nc5ccc(OC)c(C(N)=O)c5O)CC[C@]4(C)[C@H]3CC[C@@]21C. The van der Waals surface area contributed by atoms with Gasteiger partial charge in [0.05, 0.1) is 50.9 Å². The Morgan fingerprint density at radius 1 is 0.898 bits per heavy atom. The predicted octanol–water partition coefficient (Wildman–Crippen LogP) is 5.03. The van der Waals surface area contributed by atoms with Gasteiger partial charge in [-0.1, -0.05) is 46.5 Å². The van der Waals surface area contributed by atoms with Crippen molar-refractivity contribution in [3.8, 4) is 11.5 Å². The van der Waals surface area contributed by atoms with Crippen LogP contribution in [0.1, 0.15) is 122 Å². The number of fused-ring (bicyclic) bond motifs is 5. The van der Waals surface area contributed by atoms with Gasteiger partial charge in [-0.15, -0.1) is 0 Å². The van der Waals surface area contributed by atoms with Crippen molar-refractivity contribution in [1.29, 1.82) is 0 Å². The Bertz CT molecular complexity index is 1620. The minimum atomic E-state index is -0.912. The van der Waals surface area contributed by atoms with Crippen LogP contribution in [0, 0.1) is 40.4 Å². The lowest BCUT2D eigenvalue weighted by Crippen LogP contribution is -2.59. The highest BCUT2D eigenvalue weighted by Crippen LogP contribution is 2.69. The maximum atomic E-state index is 12.7. The first-order valence-electron chi connectivity index (χ1n) is 21.8. The van der Waals surface area contributed by atoms with Gasteiger partial charge in [0.1, 0.15) is 24.0 Å². The number of anilines is 1. The van der Waals surface area contributed by atoms with Gasteiger partial charge < -0.3 is 56.0 Å². The predicted molar refractivity (Wildman–Crippen MR) is 221 cm³/mol. The molecule has 0 aromatic heterocycles. The number of carbonyl (C=O) groups is 4. The summed E-state index contributed by atoms with van der Waals surface area (Å²) in [4.78, 5) is 49.0. The molecule has 59 heavy (non-hydrogen) atoms. The number of unbranched alkanes of at least 4 members (excludes halogenated alkanes) is 3. The number of primary amides is 1. The number of benzene rings is 1. The summed E-state index contributed by atoms with van der Waals surface area (Å²) in [6.07, 6.45) is 11.4. The van der Waals surface area contributed by atoms with Crippen molar-refractivity contribution in [2.45, 2.75) is 129 Å². The Morgan fingerprint density at radius 3 is 2.36 bits per heavy atom. The second-order valence-electron chi connectivity index (χ2n) is 18.3. The number of alkyl carbamates (subject to hydrolysis) is 1. The maximum absolute atomic E-state index is 12.7. The van der Waals surface area contributed by atoms with Crippen molar-refractivity contribution in [3.05, 3.63) is 17.7 Å². The van der Waals surface area contributed by atoms with Crippen LogP contribution < -0.4 is 26.4 Å². The quantitative estimate of drug-likeness (QED) is 0.0681. The van der Waals surface area contributed by atoms with Gasteiger partial charge >= 0.3 is 6.09 Å². The molecule has 4 amide bonds. The molecule has 0 heterocycles. The molecule has 332 valence electrons. The van der Waals surface area contributed by atoms with Gasteiger partial charge in [-0.2, -0.15) is 0 Å². The number of hydrogen-bond donors (Lipinski definition) is 7. The molecule has 8 N–H and O–H groups in total. The number of phenols is 1. The summed E-state index contributed by atoms with van der Waals surface area (Å²) in [7, 11) is 1.32. The van der Waals surface area contributed by atoms with E-state index in [0.717, 1.165) is 57.8 Å².